The standard InChI is InChI=1S/C20H24N2O5/c1-5-26-20(25)18-17(13(2)23)14(3)27-19(18)21-16(24)12-22(4)11-15-9-7-6-8-10-15/h6-10H,5,11-12H2,1-4H3,(H,21,24). The predicted octanol–water partition coefficient (Wildman–Crippen LogP) is 3.04. The summed E-state index contributed by atoms with van der Waals surface area (Å²) in [5.74, 6) is -1.19. The third kappa shape index (κ3) is 5.27. The van der Waals surface area contributed by atoms with Crippen LogP contribution in [0.1, 0.15) is 45.9 Å². The molecule has 0 spiro atoms. The lowest BCUT2D eigenvalue weighted by Gasteiger charge is -2.16. The van der Waals surface area contributed by atoms with E-state index in [4.69, 9.17) is 9.15 Å². The molecule has 2 rings (SSSR count). The van der Waals surface area contributed by atoms with Gasteiger partial charge in [0.15, 0.2) is 5.78 Å². The van der Waals surface area contributed by atoms with E-state index in [2.05, 4.69) is 5.32 Å². The van der Waals surface area contributed by atoms with Crippen LogP contribution in [-0.2, 0) is 16.1 Å². The lowest BCUT2D eigenvalue weighted by Crippen LogP contribution is -2.30. The molecule has 0 aliphatic carbocycles. The largest absolute Gasteiger partial charge is 0.462 e. The molecule has 0 aliphatic heterocycles. The molecule has 0 fully saturated rings. The van der Waals surface area contributed by atoms with E-state index in [1.54, 1.807) is 13.8 Å². The van der Waals surface area contributed by atoms with Crippen molar-refractivity contribution in [1.82, 2.24) is 4.90 Å². The Hall–Kier alpha value is -2.93. The number of ketones is 1. The van der Waals surface area contributed by atoms with Crippen molar-refractivity contribution in [3.8, 4) is 0 Å². The summed E-state index contributed by atoms with van der Waals surface area (Å²) in [7, 11) is 1.81. The molecule has 7 heteroatoms. The van der Waals surface area contributed by atoms with Gasteiger partial charge in [0.25, 0.3) is 0 Å². The Morgan fingerprint density at radius 1 is 1.15 bits per heavy atom. The van der Waals surface area contributed by atoms with Crippen LogP contribution in [0.3, 0.4) is 0 Å². The number of likely N-dealkylation sites (N-methyl/N-ethyl adjacent to an activating group) is 1. The summed E-state index contributed by atoms with van der Waals surface area (Å²) in [5, 5.41) is 2.58. The third-order valence-corrected chi connectivity index (χ3v) is 3.88. The number of benzene rings is 1. The zero-order valence-corrected chi connectivity index (χ0v) is 16.0. The fourth-order valence-electron chi connectivity index (χ4n) is 2.82. The minimum Gasteiger partial charge on any atom is -0.462 e. The number of hydrogen-bond acceptors (Lipinski definition) is 6. The quantitative estimate of drug-likeness (QED) is 0.566. The summed E-state index contributed by atoms with van der Waals surface area (Å²) in [6.45, 7) is 5.39. The number of rotatable bonds is 8. The van der Waals surface area contributed by atoms with Crippen LogP contribution in [0.15, 0.2) is 34.7 Å². The normalized spacial score (nSPS) is 10.7. The smallest absolute Gasteiger partial charge is 0.344 e. The van der Waals surface area contributed by atoms with Gasteiger partial charge >= 0.3 is 5.97 Å². The number of furan rings is 1. The monoisotopic (exact) mass is 372 g/mol. The molecule has 7 nitrogen and oxygen atoms in total. The molecule has 0 saturated carbocycles. The van der Waals surface area contributed by atoms with Crippen LogP contribution >= 0.6 is 0 Å². The maximum atomic E-state index is 12.4. The number of hydrogen-bond donors (Lipinski definition) is 1. The molecule has 0 radical (unpaired) electrons. The van der Waals surface area contributed by atoms with Crippen LogP contribution in [0.5, 0.6) is 0 Å². The van der Waals surface area contributed by atoms with Gasteiger partial charge in [-0.15, -0.1) is 0 Å². The average Bonchev–Trinajstić information content (AvgIpc) is 2.91. The van der Waals surface area contributed by atoms with Crippen molar-refractivity contribution in [1.29, 1.82) is 0 Å². The molecule has 1 aromatic carbocycles. The van der Waals surface area contributed by atoms with Gasteiger partial charge in [-0.25, -0.2) is 4.79 Å². The first-order valence-electron chi connectivity index (χ1n) is 8.67. The van der Waals surface area contributed by atoms with Gasteiger partial charge in [0, 0.05) is 6.54 Å². The van der Waals surface area contributed by atoms with E-state index in [0.717, 1.165) is 5.56 Å². The highest BCUT2D eigenvalue weighted by Crippen LogP contribution is 2.28. The average molecular weight is 372 g/mol. The molecule has 0 bridgehead atoms. The van der Waals surface area contributed by atoms with Crippen LogP contribution in [0.2, 0.25) is 0 Å². The van der Waals surface area contributed by atoms with Crippen LogP contribution in [0.25, 0.3) is 0 Å². The maximum Gasteiger partial charge on any atom is 0.344 e. The van der Waals surface area contributed by atoms with Gasteiger partial charge in [-0.3, -0.25) is 19.8 Å². The van der Waals surface area contributed by atoms with E-state index in [0.29, 0.717) is 6.54 Å². The molecule has 0 atom stereocenters. The summed E-state index contributed by atoms with van der Waals surface area (Å²) in [4.78, 5) is 38.4. The SMILES string of the molecule is CCOC(=O)c1c(NC(=O)CN(C)Cc2ccccc2)oc(C)c1C(C)=O. The van der Waals surface area contributed by atoms with Crippen LogP contribution in [0.4, 0.5) is 5.88 Å². The molecular weight excluding hydrogens is 348 g/mol. The number of aryl methyl sites for hydroxylation is 1. The molecule has 0 aliphatic rings. The summed E-state index contributed by atoms with van der Waals surface area (Å²) in [6.07, 6.45) is 0. The van der Waals surface area contributed by atoms with E-state index < -0.39 is 5.97 Å². The fourth-order valence-corrected chi connectivity index (χ4v) is 2.82. The number of nitrogens with zero attached hydrogens (tertiary/aromatic N) is 1. The second-order valence-electron chi connectivity index (χ2n) is 6.22. The maximum absolute atomic E-state index is 12.4. The number of amides is 1. The minimum absolute atomic E-state index is 0.0408. The Labute approximate surface area is 158 Å². The van der Waals surface area contributed by atoms with Gasteiger partial charge < -0.3 is 9.15 Å². The number of esters is 1. The number of nitrogens with one attached hydrogen (secondary N) is 1. The van der Waals surface area contributed by atoms with E-state index in [9.17, 15) is 14.4 Å². The number of ether oxygens (including phenoxy) is 1. The highest BCUT2D eigenvalue weighted by atomic mass is 16.5. The van der Waals surface area contributed by atoms with Gasteiger partial charge in [0.05, 0.1) is 18.7 Å². The number of anilines is 1. The van der Waals surface area contributed by atoms with E-state index in [1.165, 1.54) is 6.92 Å². The zero-order valence-electron chi connectivity index (χ0n) is 16.0. The number of carbonyl (C=O) groups is 3. The Bertz CT molecular complexity index is 826. The summed E-state index contributed by atoms with van der Waals surface area (Å²) < 4.78 is 10.5. The van der Waals surface area contributed by atoms with Crippen LogP contribution in [-0.4, -0.2) is 42.8 Å². The second kappa shape index (κ2) is 9.14. The molecule has 2 aromatic rings. The lowest BCUT2D eigenvalue weighted by molar-refractivity contribution is -0.117. The number of Topliss-reactive ketones (excluding diaryl/α,β-unsaturated/α-hetero) is 1. The van der Waals surface area contributed by atoms with Crippen LogP contribution in [0, 0.1) is 6.92 Å². The fraction of sp³-hybridized carbons (Fsp3) is 0.350. The molecular formula is C20H24N2O5. The van der Waals surface area contributed by atoms with E-state index >= 15 is 0 Å². The van der Waals surface area contributed by atoms with Crippen molar-refractivity contribution < 1.29 is 23.5 Å². The lowest BCUT2D eigenvalue weighted by atomic mass is 10.1. The van der Waals surface area contributed by atoms with Crippen molar-refractivity contribution in [3.63, 3.8) is 0 Å². The first kappa shape index (κ1) is 20.4. The predicted molar refractivity (Wildman–Crippen MR) is 101 cm³/mol. The van der Waals surface area contributed by atoms with Gasteiger partial charge in [-0.1, -0.05) is 30.3 Å². The topological polar surface area (TPSA) is 88.8 Å². The Morgan fingerprint density at radius 2 is 1.81 bits per heavy atom. The van der Waals surface area contributed by atoms with Crippen molar-refractivity contribution in [2.24, 2.45) is 0 Å². The van der Waals surface area contributed by atoms with Gasteiger partial charge in [-0.2, -0.15) is 0 Å². The first-order valence-corrected chi connectivity index (χ1v) is 8.67. The zero-order chi connectivity index (χ0) is 20.0. The molecule has 1 amide bonds. The molecule has 27 heavy (non-hydrogen) atoms. The van der Waals surface area contributed by atoms with Gasteiger partial charge in [0.2, 0.25) is 11.8 Å². The Balaban J connectivity index is 2.13. The van der Waals surface area contributed by atoms with Crippen molar-refractivity contribution in [3.05, 3.63) is 52.8 Å². The molecule has 1 N–H and O–H groups in total. The van der Waals surface area contributed by atoms with Crippen molar-refractivity contribution in [2.75, 3.05) is 25.5 Å². The highest BCUT2D eigenvalue weighted by Gasteiger charge is 2.28. The second-order valence-corrected chi connectivity index (χ2v) is 6.22. The van der Waals surface area contributed by atoms with E-state index in [1.807, 2.05) is 42.3 Å². The number of carbonyl (C=O) groups excluding carboxylic acids is 3. The molecule has 144 valence electrons. The van der Waals surface area contributed by atoms with Gasteiger partial charge in [-0.05, 0) is 33.4 Å². The van der Waals surface area contributed by atoms with Crippen molar-refractivity contribution in [2.45, 2.75) is 27.3 Å². The third-order valence-electron chi connectivity index (χ3n) is 3.88. The summed E-state index contributed by atoms with van der Waals surface area (Å²) >= 11 is 0. The minimum atomic E-state index is -0.701. The van der Waals surface area contributed by atoms with Gasteiger partial charge in [0.1, 0.15) is 11.3 Å². The van der Waals surface area contributed by atoms with Crippen LogP contribution < -0.4 is 5.32 Å². The summed E-state index contributed by atoms with van der Waals surface area (Å²) in [5.41, 5.74) is 1.16. The molecule has 0 unspecified atom stereocenters. The first-order chi connectivity index (χ1) is 12.8. The molecule has 1 aromatic heterocycles. The van der Waals surface area contributed by atoms with E-state index in [-0.39, 0.29) is 47.6 Å². The molecule has 1 heterocycles. The molecule has 0 saturated heterocycles. The Morgan fingerprint density at radius 3 is 2.41 bits per heavy atom. The highest BCUT2D eigenvalue weighted by molar-refractivity contribution is 6.10. The Kier molecular flexibility index (Phi) is 6.90. The van der Waals surface area contributed by atoms with Crippen molar-refractivity contribution >= 4 is 23.5 Å². The summed E-state index contributed by atoms with van der Waals surface area (Å²) in [6, 6.07) is 9.75.